The minimum atomic E-state index is -3.42. The molecule has 0 fully saturated rings. The number of thioether (sulfide) groups is 1. The van der Waals surface area contributed by atoms with Gasteiger partial charge in [-0.15, -0.1) is 11.8 Å². The normalized spacial score (nSPS) is 19.2. The highest BCUT2D eigenvalue weighted by atomic mass is 32.2. The fourth-order valence-electron chi connectivity index (χ4n) is 2.66. The zero-order valence-corrected chi connectivity index (χ0v) is 13.7. The summed E-state index contributed by atoms with van der Waals surface area (Å²) in [5, 5.41) is 9.15. The number of hydrogen-bond donors (Lipinski definition) is 1. The quantitative estimate of drug-likeness (QED) is 0.838. The summed E-state index contributed by atoms with van der Waals surface area (Å²) in [6, 6.07) is 5.28. The van der Waals surface area contributed by atoms with E-state index in [1.165, 1.54) is 4.31 Å². The lowest BCUT2D eigenvalue weighted by Crippen LogP contribution is -2.41. The lowest BCUT2D eigenvalue weighted by molar-refractivity contribution is -0.138. The molecule has 1 heterocycles. The Labute approximate surface area is 129 Å². The van der Waals surface area contributed by atoms with Gasteiger partial charge in [-0.25, -0.2) is 8.42 Å². The van der Waals surface area contributed by atoms with Crippen LogP contribution in [0.1, 0.15) is 30.5 Å². The summed E-state index contributed by atoms with van der Waals surface area (Å²) < 4.78 is 25.8. The van der Waals surface area contributed by atoms with Gasteiger partial charge < -0.3 is 5.11 Å². The summed E-state index contributed by atoms with van der Waals surface area (Å²) in [7, 11) is -3.42. The highest BCUT2D eigenvalue weighted by Gasteiger charge is 2.35. The van der Waals surface area contributed by atoms with E-state index in [0.717, 1.165) is 16.0 Å². The number of rotatable bonds is 5. The molecular formula is C14H19NO4S2. The molecule has 0 spiro atoms. The van der Waals surface area contributed by atoms with Crippen LogP contribution in [0.4, 0.5) is 0 Å². The average molecular weight is 329 g/mol. The van der Waals surface area contributed by atoms with E-state index in [-0.39, 0.29) is 12.2 Å². The van der Waals surface area contributed by atoms with E-state index in [2.05, 4.69) is 0 Å². The largest absolute Gasteiger partial charge is 0.481 e. The molecule has 0 aromatic heterocycles. The average Bonchev–Trinajstić information content (AvgIpc) is 2.46. The Morgan fingerprint density at radius 1 is 1.48 bits per heavy atom. The first-order valence-corrected chi connectivity index (χ1v) is 9.60. The van der Waals surface area contributed by atoms with E-state index >= 15 is 0 Å². The maximum Gasteiger partial charge on any atom is 0.305 e. The molecule has 116 valence electrons. The third-order valence-corrected chi connectivity index (χ3v) is 6.36. The van der Waals surface area contributed by atoms with Crippen LogP contribution in [0.25, 0.3) is 0 Å². The first-order chi connectivity index (χ1) is 9.89. The maximum absolute atomic E-state index is 12.2. The topological polar surface area (TPSA) is 74.7 Å². The molecule has 5 nitrogen and oxygen atoms in total. The third kappa shape index (κ3) is 3.41. The van der Waals surface area contributed by atoms with Gasteiger partial charge in [-0.3, -0.25) is 4.79 Å². The fourth-order valence-corrected chi connectivity index (χ4v) is 4.38. The van der Waals surface area contributed by atoms with Gasteiger partial charge >= 0.3 is 5.97 Å². The zero-order valence-electron chi connectivity index (χ0n) is 12.1. The van der Waals surface area contributed by atoms with Gasteiger partial charge in [-0.05, 0) is 42.9 Å². The molecule has 0 saturated carbocycles. The molecule has 1 aliphatic rings. The van der Waals surface area contributed by atoms with Crippen molar-refractivity contribution < 1.29 is 18.3 Å². The van der Waals surface area contributed by atoms with E-state index in [4.69, 9.17) is 5.11 Å². The predicted octanol–water partition coefficient (Wildman–Crippen LogP) is 2.13. The highest BCUT2D eigenvalue weighted by molar-refractivity contribution is 7.98. The molecule has 1 atom stereocenters. The van der Waals surface area contributed by atoms with Gasteiger partial charge in [0.15, 0.2) is 0 Å². The number of nitrogens with zero attached hydrogens (tertiary/aromatic N) is 1. The van der Waals surface area contributed by atoms with Gasteiger partial charge in [0.25, 0.3) is 0 Å². The van der Waals surface area contributed by atoms with Crippen molar-refractivity contribution in [2.75, 3.05) is 18.6 Å². The molecule has 2 rings (SSSR count). The van der Waals surface area contributed by atoms with E-state index in [1.807, 2.05) is 24.5 Å². The molecular weight excluding hydrogens is 310 g/mol. The summed E-state index contributed by atoms with van der Waals surface area (Å²) >= 11 is 1.56. The molecule has 0 saturated heterocycles. The van der Waals surface area contributed by atoms with Crippen LogP contribution in [0.5, 0.6) is 0 Å². The standard InChI is InChI=1S/C14H19NO4S2/c1-3-21(18,19)15-7-6-10-4-5-11(20-2)8-12(10)13(15)9-14(16)17/h4-5,8,13H,3,6-7,9H2,1-2H3,(H,16,17). The molecule has 1 unspecified atom stereocenters. The van der Waals surface area contributed by atoms with Crippen molar-refractivity contribution >= 4 is 27.8 Å². The van der Waals surface area contributed by atoms with Crippen molar-refractivity contribution in [3.05, 3.63) is 29.3 Å². The monoisotopic (exact) mass is 329 g/mol. The second-order valence-electron chi connectivity index (χ2n) is 4.94. The van der Waals surface area contributed by atoms with Gasteiger partial charge in [-0.1, -0.05) is 6.07 Å². The van der Waals surface area contributed by atoms with Crippen LogP contribution >= 0.6 is 11.8 Å². The van der Waals surface area contributed by atoms with E-state index in [9.17, 15) is 13.2 Å². The highest BCUT2D eigenvalue weighted by Crippen LogP contribution is 2.36. The molecule has 1 aromatic rings. The van der Waals surface area contributed by atoms with Crippen molar-refractivity contribution in [3.8, 4) is 0 Å². The second kappa shape index (κ2) is 6.37. The summed E-state index contributed by atoms with van der Waals surface area (Å²) in [5.74, 6) is -1.00. The molecule has 7 heteroatoms. The zero-order chi connectivity index (χ0) is 15.6. The van der Waals surface area contributed by atoms with E-state index in [0.29, 0.717) is 13.0 Å². The maximum atomic E-state index is 12.2. The van der Waals surface area contributed by atoms with Crippen LogP contribution in [0.2, 0.25) is 0 Å². The molecule has 0 bridgehead atoms. The number of sulfonamides is 1. The lowest BCUT2D eigenvalue weighted by atomic mass is 9.92. The van der Waals surface area contributed by atoms with E-state index in [1.54, 1.807) is 18.7 Å². The summed E-state index contributed by atoms with van der Waals surface area (Å²) in [5.41, 5.74) is 1.87. The Kier molecular flexibility index (Phi) is 4.95. The Bertz CT molecular complexity index is 642. The van der Waals surface area contributed by atoms with Crippen LogP contribution in [0, 0.1) is 0 Å². The summed E-state index contributed by atoms with van der Waals surface area (Å²) in [6.07, 6.45) is 2.36. The molecule has 21 heavy (non-hydrogen) atoms. The molecule has 1 aliphatic heterocycles. The Hall–Kier alpha value is -1.05. The van der Waals surface area contributed by atoms with Gasteiger partial charge in [0.1, 0.15) is 0 Å². The lowest BCUT2D eigenvalue weighted by Gasteiger charge is -2.35. The molecule has 0 amide bonds. The van der Waals surface area contributed by atoms with E-state index < -0.39 is 22.0 Å². The Morgan fingerprint density at radius 2 is 2.19 bits per heavy atom. The molecule has 1 aromatic carbocycles. The summed E-state index contributed by atoms with van der Waals surface area (Å²) in [4.78, 5) is 12.2. The number of carboxylic acids is 1. The number of aliphatic carboxylic acids is 1. The number of fused-ring (bicyclic) bond motifs is 1. The van der Waals surface area contributed by atoms with Crippen LogP contribution in [0.3, 0.4) is 0 Å². The minimum Gasteiger partial charge on any atom is -0.481 e. The molecule has 0 radical (unpaired) electrons. The van der Waals surface area contributed by atoms with Gasteiger partial charge in [0.05, 0.1) is 18.2 Å². The predicted molar refractivity (Wildman–Crippen MR) is 83.1 cm³/mol. The number of carbonyl (C=O) groups is 1. The van der Waals surface area contributed by atoms with Crippen LogP contribution in [-0.2, 0) is 21.2 Å². The fraction of sp³-hybridized carbons (Fsp3) is 0.500. The van der Waals surface area contributed by atoms with Crippen molar-refractivity contribution in [1.82, 2.24) is 4.31 Å². The molecule has 0 aliphatic carbocycles. The van der Waals surface area contributed by atoms with Crippen LogP contribution in [-0.4, -0.2) is 42.4 Å². The second-order valence-corrected chi connectivity index (χ2v) is 8.03. The third-order valence-electron chi connectivity index (χ3n) is 3.75. The van der Waals surface area contributed by atoms with Crippen molar-refractivity contribution in [2.45, 2.75) is 30.7 Å². The first-order valence-electron chi connectivity index (χ1n) is 6.77. The molecule has 1 N–H and O–H groups in total. The number of benzene rings is 1. The SMILES string of the molecule is CCS(=O)(=O)N1CCc2ccc(SC)cc2C1CC(=O)O. The summed E-state index contributed by atoms with van der Waals surface area (Å²) in [6.45, 7) is 1.93. The number of hydrogen-bond acceptors (Lipinski definition) is 4. The number of carboxylic acid groups (broad SMARTS) is 1. The Morgan fingerprint density at radius 3 is 2.76 bits per heavy atom. The van der Waals surface area contributed by atoms with Gasteiger partial charge in [0, 0.05) is 11.4 Å². The van der Waals surface area contributed by atoms with Gasteiger partial charge in [0.2, 0.25) is 10.0 Å². The van der Waals surface area contributed by atoms with Crippen LogP contribution in [0.15, 0.2) is 23.1 Å². The first kappa shape index (κ1) is 16.3. The Balaban J connectivity index is 2.50. The van der Waals surface area contributed by atoms with Crippen LogP contribution < -0.4 is 0 Å². The smallest absolute Gasteiger partial charge is 0.305 e. The van der Waals surface area contributed by atoms with Crippen molar-refractivity contribution in [2.24, 2.45) is 0 Å². The van der Waals surface area contributed by atoms with Gasteiger partial charge in [-0.2, -0.15) is 4.31 Å². The van der Waals surface area contributed by atoms with Crippen molar-refractivity contribution in [3.63, 3.8) is 0 Å². The van der Waals surface area contributed by atoms with Crippen molar-refractivity contribution in [1.29, 1.82) is 0 Å². The minimum absolute atomic E-state index is 0.0132.